The van der Waals surface area contributed by atoms with Crippen LogP contribution in [0.15, 0.2) is 47.3 Å². The molecule has 0 saturated carbocycles. The van der Waals surface area contributed by atoms with Crippen LogP contribution in [0.3, 0.4) is 0 Å². The Labute approximate surface area is 214 Å². The minimum Gasteiger partial charge on any atom is -0.383 e. The summed E-state index contributed by atoms with van der Waals surface area (Å²) in [7, 11) is 1.61. The summed E-state index contributed by atoms with van der Waals surface area (Å²) in [6.45, 7) is 13.7. The average molecular weight is 493 g/mol. The first-order valence-electron chi connectivity index (χ1n) is 12.9. The molecule has 7 heteroatoms. The SMILES string of the molecule is CCC(c1nc2ccccc2c(=O)n1CCOC)N(CC)C(=O)Nc1c(C(C)C)cccc1C(C)C. The maximum Gasteiger partial charge on any atom is 0.322 e. The number of methoxy groups -OCH3 is 1. The van der Waals surface area contributed by atoms with E-state index in [0.717, 1.165) is 16.8 Å². The third-order valence-electron chi connectivity index (χ3n) is 6.68. The molecular formula is C29H40N4O3. The molecule has 1 N–H and O–H groups in total. The van der Waals surface area contributed by atoms with E-state index in [4.69, 9.17) is 9.72 Å². The third-order valence-corrected chi connectivity index (χ3v) is 6.68. The molecule has 1 aromatic heterocycles. The van der Waals surface area contributed by atoms with Gasteiger partial charge in [-0.3, -0.25) is 9.36 Å². The maximum absolute atomic E-state index is 13.8. The van der Waals surface area contributed by atoms with Crippen LogP contribution in [0.5, 0.6) is 0 Å². The number of carbonyl (C=O) groups is 1. The molecule has 2 amide bonds. The molecule has 0 fully saturated rings. The molecule has 0 aliphatic rings. The second-order valence-electron chi connectivity index (χ2n) is 9.70. The summed E-state index contributed by atoms with van der Waals surface area (Å²) < 4.78 is 6.95. The fraction of sp³-hybridized carbons (Fsp3) is 0.483. The molecule has 1 heterocycles. The molecule has 0 saturated heterocycles. The number of para-hydroxylation sites is 2. The Hall–Kier alpha value is -3.19. The highest BCUT2D eigenvalue weighted by Crippen LogP contribution is 2.33. The fourth-order valence-electron chi connectivity index (χ4n) is 4.76. The summed E-state index contributed by atoms with van der Waals surface area (Å²) in [5, 5.41) is 3.80. The maximum atomic E-state index is 13.8. The van der Waals surface area contributed by atoms with Gasteiger partial charge in [-0.2, -0.15) is 0 Å². The molecular weight excluding hydrogens is 452 g/mol. The van der Waals surface area contributed by atoms with E-state index in [1.807, 2.05) is 32.0 Å². The molecule has 0 aliphatic heterocycles. The molecule has 0 spiro atoms. The predicted molar refractivity (Wildman–Crippen MR) is 147 cm³/mol. The zero-order chi connectivity index (χ0) is 26.4. The number of nitrogens with zero attached hydrogens (tertiary/aromatic N) is 3. The van der Waals surface area contributed by atoms with Gasteiger partial charge in [-0.15, -0.1) is 0 Å². The summed E-state index contributed by atoms with van der Waals surface area (Å²) in [6, 6.07) is 13.0. The second-order valence-corrected chi connectivity index (χ2v) is 9.70. The first-order valence-corrected chi connectivity index (χ1v) is 12.9. The lowest BCUT2D eigenvalue weighted by molar-refractivity contribution is 0.172. The Morgan fingerprint density at radius 3 is 2.22 bits per heavy atom. The Bertz CT molecular complexity index is 1220. The molecule has 3 aromatic rings. The van der Waals surface area contributed by atoms with E-state index in [2.05, 4.69) is 51.2 Å². The quantitative estimate of drug-likeness (QED) is 0.361. The van der Waals surface area contributed by atoms with Gasteiger partial charge in [-0.1, -0.05) is 65.0 Å². The summed E-state index contributed by atoms with van der Waals surface area (Å²) in [5.74, 6) is 1.10. The number of aromatic nitrogens is 2. The van der Waals surface area contributed by atoms with Gasteiger partial charge >= 0.3 is 6.03 Å². The van der Waals surface area contributed by atoms with Crippen molar-refractivity contribution in [2.75, 3.05) is 25.6 Å². The van der Waals surface area contributed by atoms with E-state index in [0.29, 0.717) is 42.8 Å². The zero-order valence-electron chi connectivity index (χ0n) is 22.7. The minimum absolute atomic E-state index is 0.116. The van der Waals surface area contributed by atoms with Crippen LogP contribution in [0.2, 0.25) is 0 Å². The van der Waals surface area contributed by atoms with Crippen LogP contribution in [0, 0.1) is 0 Å². The predicted octanol–water partition coefficient (Wildman–Crippen LogP) is 6.29. The van der Waals surface area contributed by atoms with Crippen LogP contribution in [0.1, 0.15) is 82.8 Å². The molecule has 194 valence electrons. The molecule has 0 aliphatic carbocycles. The number of urea groups is 1. The Kier molecular flexibility index (Phi) is 9.26. The smallest absolute Gasteiger partial charge is 0.322 e. The first kappa shape index (κ1) is 27.4. The van der Waals surface area contributed by atoms with Crippen molar-refractivity contribution in [3.63, 3.8) is 0 Å². The molecule has 7 nitrogen and oxygen atoms in total. The average Bonchev–Trinajstić information content (AvgIpc) is 2.86. The largest absolute Gasteiger partial charge is 0.383 e. The van der Waals surface area contributed by atoms with Crippen molar-refractivity contribution >= 4 is 22.6 Å². The monoisotopic (exact) mass is 492 g/mol. The van der Waals surface area contributed by atoms with Gasteiger partial charge in [0.05, 0.1) is 30.1 Å². The topological polar surface area (TPSA) is 76.5 Å². The molecule has 36 heavy (non-hydrogen) atoms. The number of hydrogen-bond acceptors (Lipinski definition) is 4. The summed E-state index contributed by atoms with van der Waals surface area (Å²) in [5.41, 5.74) is 3.62. The fourth-order valence-corrected chi connectivity index (χ4v) is 4.76. The van der Waals surface area contributed by atoms with Crippen molar-refractivity contribution in [2.24, 2.45) is 0 Å². The van der Waals surface area contributed by atoms with E-state index in [9.17, 15) is 9.59 Å². The first-order chi connectivity index (χ1) is 17.2. The van der Waals surface area contributed by atoms with Crippen molar-refractivity contribution in [3.05, 3.63) is 69.8 Å². The third kappa shape index (κ3) is 5.62. The van der Waals surface area contributed by atoms with Gasteiger partial charge < -0.3 is 15.0 Å². The van der Waals surface area contributed by atoms with Gasteiger partial charge in [0.1, 0.15) is 5.82 Å². The number of fused-ring (bicyclic) bond motifs is 1. The van der Waals surface area contributed by atoms with E-state index in [1.54, 1.807) is 22.6 Å². The molecule has 1 atom stereocenters. The van der Waals surface area contributed by atoms with Gasteiger partial charge in [0, 0.05) is 19.3 Å². The highest BCUT2D eigenvalue weighted by molar-refractivity contribution is 5.91. The number of anilines is 1. The van der Waals surface area contributed by atoms with Gasteiger partial charge in [0.25, 0.3) is 5.56 Å². The van der Waals surface area contributed by atoms with Crippen LogP contribution in [0.4, 0.5) is 10.5 Å². The second kappa shape index (κ2) is 12.2. The highest BCUT2D eigenvalue weighted by atomic mass is 16.5. The number of nitrogens with one attached hydrogen (secondary N) is 1. The summed E-state index contributed by atoms with van der Waals surface area (Å²) in [6.07, 6.45) is 0.613. The minimum atomic E-state index is -0.377. The number of benzene rings is 2. The van der Waals surface area contributed by atoms with Gasteiger partial charge in [-0.25, -0.2) is 9.78 Å². The number of ether oxygens (including phenoxy) is 1. The molecule has 1 unspecified atom stereocenters. The lowest BCUT2D eigenvalue weighted by atomic mass is 9.92. The van der Waals surface area contributed by atoms with Crippen molar-refractivity contribution in [1.29, 1.82) is 0 Å². The molecule has 2 aromatic carbocycles. The van der Waals surface area contributed by atoms with Crippen LogP contribution < -0.4 is 10.9 Å². The van der Waals surface area contributed by atoms with E-state index < -0.39 is 0 Å². The van der Waals surface area contributed by atoms with E-state index in [1.165, 1.54) is 0 Å². The van der Waals surface area contributed by atoms with Crippen molar-refractivity contribution in [3.8, 4) is 0 Å². The summed E-state index contributed by atoms with van der Waals surface area (Å²) in [4.78, 5) is 33.9. The van der Waals surface area contributed by atoms with Crippen molar-refractivity contribution in [1.82, 2.24) is 14.5 Å². The van der Waals surface area contributed by atoms with Crippen LogP contribution in [-0.4, -0.2) is 40.7 Å². The van der Waals surface area contributed by atoms with Crippen molar-refractivity contribution in [2.45, 2.75) is 72.4 Å². The van der Waals surface area contributed by atoms with Gasteiger partial charge in [0.15, 0.2) is 0 Å². The zero-order valence-corrected chi connectivity index (χ0v) is 22.7. The Morgan fingerprint density at radius 1 is 1.03 bits per heavy atom. The van der Waals surface area contributed by atoms with Crippen LogP contribution in [-0.2, 0) is 11.3 Å². The highest BCUT2D eigenvalue weighted by Gasteiger charge is 2.29. The Balaban J connectivity index is 2.09. The standard InChI is InChI=1S/C29H40N4O3/c1-8-25(27-30-24-16-11-10-13-23(24)28(34)33(27)17-18-36-7)32(9-2)29(35)31-26-21(19(3)4)14-12-15-22(26)20(5)6/h10-16,19-20,25H,8-9,17-18H2,1-7H3,(H,31,35). The number of rotatable bonds is 10. The molecule has 3 rings (SSSR count). The molecule has 0 bridgehead atoms. The van der Waals surface area contributed by atoms with Crippen molar-refractivity contribution < 1.29 is 9.53 Å². The van der Waals surface area contributed by atoms with Gasteiger partial charge in [-0.05, 0) is 48.4 Å². The lowest BCUT2D eigenvalue weighted by Crippen LogP contribution is -2.41. The van der Waals surface area contributed by atoms with Crippen LogP contribution in [0.25, 0.3) is 10.9 Å². The van der Waals surface area contributed by atoms with Gasteiger partial charge in [0.2, 0.25) is 0 Å². The molecule has 0 radical (unpaired) electrons. The number of carbonyl (C=O) groups excluding carboxylic acids is 1. The number of amides is 2. The van der Waals surface area contributed by atoms with E-state index >= 15 is 0 Å². The Morgan fingerprint density at radius 2 is 1.67 bits per heavy atom. The summed E-state index contributed by atoms with van der Waals surface area (Å²) >= 11 is 0. The lowest BCUT2D eigenvalue weighted by Gasteiger charge is -2.32. The normalized spacial score (nSPS) is 12.4. The number of hydrogen-bond donors (Lipinski definition) is 1. The van der Waals surface area contributed by atoms with Crippen LogP contribution >= 0.6 is 0 Å². The van der Waals surface area contributed by atoms with E-state index in [-0.39, 0.29) is 29.5 Å².